The third-order valence-corrected chi connectivity index (χ3v) is 4.09. The SMILES string of the molecule is CC1CNCC(C)N1Cc1nc2ccccn2c1[N+](=O)[O-]. The molecular weight excluding hydrogens is 270 g/mol. The topological polar surface area (TPSA) is 75.7 Å². The van der Waals surface area contributed by atoms with Crippen LogP contribution >= 0.6 is 0 Å². The molecule has 0 saturated carbocycles. The van der Waals surface area contributed by atoms with Crippen molar-refractivity contribution in [3.8, 4) is 0 Å². The summed E-state index contributed by atoms with van der Waals surface area (Å²) in [6.07, 6.45) is 1.69. The van der Waals surface area contributed by atoms with Crippen LogP contribution in [-0.4, -0.2) is 44.4 Å². The largest absolute Gasteiger partial charge is 0.358 e. The molecule has 2 atom stereocenters. The van der Waals surface area contributed by atoms with Crippen molar-refractivity contribution in [3.63, 3.8) is 0 Å². The summed E-state index contributed by atoms with van der Waals surface area (Å²) in [5.41, 5.74) is 1.15. The number of piperazine rings is 1. The molecule has 3 heterocycles. The van der Waals surface area contributed by atoms with Gasteiger partial charge in [0.05, 0.1) is 12.7 Å². The number of rotatable bonds is 3. The average molecular weight is 289 g/mol. The van der Waals surface area contributed by atoms with E-state index < -0.39 is 0 Å². The number of aromatic nitrogens is 2. The first kappa shape index (κ1) is 14.0. The minimum atomic E-state index is -0.340. The zero-order valence-electron chi connectivity index (χ0n) is 12.2. The van der Waals surface area contributed by atoms with Crippen molar-refractivity contribution < 1.29 is 4.92 Å². The lowest BCUT2D eigenvalue weighted by molar-refractivity contribution is -0.391. The van der Waals surface area contributed by atoms with E-state index in [4.69, 9.17) is 0 Å². The van der Waals surface area contributed by atoms with Gasteiger partial charge in [-0.1, -0.05) is 6.07 Å². The Morgan fingerprint density at radius 3 is 2.76 bits per heavy atom. The van der Waals surface area contributed by atoms with Crippen LogP contribution in [0.15, 0.2) is 24.4 Å². The maximum absolute atomic E-state index is 11.4. The summed E-state index contributed by atoms with van der Waals surface area (Å²) in [5.74, 6) is 0.0727. The maximum Gasteiger partial charge on any atom is 0.352 e. The van der Waals surface area contributed by atoms with E-state index in [1.165, 1.54) is 0 Å². The molecule has 2 unspecified atom stereocenters. The Morgan fingerprint density at radius 2 is 2.10 bits per heavy atom. The van der Waals surface area contributed by atoms with E-state index in [0.29, 0.717) is 30.0 Å². The average Bonchev–Trinajstić information content (AvgIpc) is 2.81. The van der Waals surface area contributed by atoms with Crippen molar-refractivity contribution in [2.24, 2.45) is 0 Å². The van der Waals surface area contributed by atoms with E-state index in [9.17, 15) is 10.1 Å². The molecule has 1 fully saturated rings. The summed E-state index contributed by atoms with van der Waals surface area (Å²) < 4.78 is 1.55. The zero-order valence-corrected chi connectivity index (χ0v) is 12.2. The van der Waals surface area contributed by atoms with Crippen molar-refractivity contribution in [1.29, 1.82) is 0 Å². The summed E-state index contributed by atoms with van der Waals surface area (Å²) in [6.45, 7) is 6.55. The van der Waals surface area contributed by atoms with Crippen LogP contribution in [0.25, 0.3) is 5.65 Å². The minimum Gasteiger partial charge on any atom is -0.358 e. The van der Waals surface area contributed by atoms with Gasteiger partial charge >= 0.3 is 5.82 Å². The minimum absolute atomic E-state index is 0.0727. The van der Waals surface area contributed by atoms with Gasteiger partial charge in [-0.25, -0.2) is 4.98 Å². The van der Waals surface area contributed by atoms with Crippen LogP contribution in [0.3, 0.4) is 0 Å². The molecule has 0 bridgehead atoms. The van der Waals surface area contributed by atoms with Crippen LogP contribution in [0.2, 0.25) is 0 Å². The molecule has 0 spiro atoms. The summed E-state index contributed by atoms with van der Waals surface area (Å²) in [6, 6.07) is 6.07. The maximum atomic E-state index is 11.4. The first-order valence-electron chi connectivity index (χ1n) is 7.14. The second kappa shape index (κ2) is 5.42. The Labute approximate surface area is 122 Å². The van der Waals surface area contributed by atoms with Gasteiger partial charge in [0.2, 0.25) is 5.65 Å². The molecule has 7 heteroatoms. The molecule has 0 radical (unpaired) electrons. The summed E-state index contributed by atoms with van der Waals surface area (Å²) in [7, 11) is 0. The molecule has 2 aromatic heterocycles. The number of fused-ring (bicyclic) bond motifs is 1. The molecule has 0 amide bonds. The molecule has 1 aliphatic rings. The van der Waals surface area contributed by atoms with E-state index in [1.54, 1.807) is 22.7 Å². The van der Waals surface area contributed by atoms with Crippen molar-refractivity contribution in [3.05, 3.63) is 40.2 Å². The summed E-state index contributed by atoms with van der Waals surface area (Å²) in [5, 5.41) is 14.8. The van der Waals surface area contributed by atoms with Crippen molar-refractivity contribution >= 4 is 11.5 Å². The zero-order chi connectivity index (χ0) is 15.0. The van der Waals surface area contributed by atoms with Gasteiger partial charge in [0.25, 0.3) is 0 Å². The predicted molar refractivity (Wildman–Crippen MR) is 79.2 cm³/mol. The standard InChI is InChI=1S/C14H19N5O2/c1-10-7-15-8-11(2)18(10)9-12-14(19(20)21)17-6-4-3-5-13(17)16-12/h3-6,10-11,15H,7-9H2,1-2H3. The monoisotopic (exact) mass is 289 g/mol. The second-order valence-electron chi connectivity index (χ2n) is 5.60. The van der Waals surface area contributed by atoms with Crippen LogP contribution in [0, 0.1) is 10.1 Å². The van der Waals surface area contributed by atoms with E-state index in [0.717, 1.165) is 13.1 Å². The van der Waals surface area contributed by atoms with Crippen LogP contribution in [-0.2, 0) is 6.54 Å². The van der Waals surface area contributed by atoms with Crippen LogP contribution < -0.4 is 5.32 Å². The van der Waals surface area contributed by atoms with Gasteiger partial charge in [0, 0.05) is 31.2 Å². The highest BCUT2D eigenvalue weighted by molar-refractivity contribution is 5.49. The first-order valence-corrected chi connectivity index (χ1v) is 7.14. The molecule has 1 aliphatic heterocycles. The number of nitrogens with zero attached hydrogens (tertiary/aromatic N) is 4. The molecule has 3 rings (SSSR count). The quantitative estimate of drug-likeness (QED) is 0.683. The highest BCUT2D eigenvalue weighted by Gasteiger charge is 2.29. The first-order chi connectivity index (χ1) is 10.1. The van der Waals surface area contributed by atoms with Gasteiger partial charge < -0.3 is 15.4 Å². The second-order valence-corrected chi connectivity index (χ2v) is 5.60. The number of pyridine rings is 1. The fourth-order valence-electron chi connectivity index (χ4n) is 2.99. The molecule has 21 heavy (non-hydrogen) atoms. The molecule has 0 aliphatic carbocycles. The van der Waals surface area contributed by atoms with Crippen LogP contribution in [0.1, 0.15) is 19.5 Å². The van der Waals surface area contributed by atoms with Gasteiger partial charge in [-0.3, -0.25) is 4.90 Å². The van der Waals surface area contributed by atoms with E-state index in [1.807, 2.05) is 6.07 Å². The Balaban J connectivity index is 2.00. The van der Waals surface area contributed by atoms with Gasteiger partial charge in [0.15, 0.2) is 5.69 Å². The lowest BCUT2D eigenvalue weighted by atomic mass is 10.1. The highest BCUT2D eigenvalue weighted by Crippen LogP contribution is 2.24. The third-order valence-electron chi connectivity index (χ3n) is 4.09. The molecule has 0 aromatic carbocycles. The van der Waals surface area contributed by atoms with Crippen LogP contribution in [0.4, 0.5) is 5.82 Å². The van der Waals surface area contributed by atoms with Gasteiger partial charge in [-0.2, -0.15) is 4.40 Å². The molecule has 1 N–H and O–H groups in total. The molecular formula is C14H19N5O2. The van der Waals surface area contributed by atoms with Gasteiger partial charge in [-0.15, -0.1) is 0 Å². The molecule has 7 nitrogen and oxygen atoms in total. The number of imidazole rings is 1. The number of nitrogens with one attached hydrogen (secondary N) is 1. The van der Waals surface area contributed by atoms with Crippen LogP contribution in [0.5, 0.6) is 0 Å². The number of hydrogen-bond donors (Lipinski definition) is 1. The van der Waals surface area contributed by atoms with Crippen molar-refractivity contribution in [1.82, 2.24) is 19.6 Å². The van der Waals surface area contributed by atoms with Gasteiger partial charge in [-0.05, 0) is 24.8 Å². The lowest BCUT2D eigenvalue weighted by Gasteiger charge is -2.38. The van der Waals surface area contributed by atoms with E-state index in [2.05, 4.69) is 29.0 Å². The lowest BCUT2D eigenvalue weighted by Crippen LogP contribution is -2.54. The summed E-state index contributed by atoms with van der Waals surface area (Å²) in [4.78, 5) is 17.8. The molecule has 1 saturated heterocycles. The van der Waals surface area contributed by atoms with E-state index >= 15 is 0 Å². The van der Waals surface area contributed by atoms with E-state index in [-0.39, 0.29) is 10.7 Å². The summed E-state index contributed by atoms with van der Waals surface area (Å²) >= 11 is 0. The third kappa shape index (κ3) is 2.50. The Morgan fingerprint density at radius 1 is 1.38 bits per heavy atom. The Bertz CT molecular complexity index is 658. The Kier molecular flexibility index (Phi) is 3.60. The normalized spacial score (nSPS) is 23.5. The van der Waals surface area contributed by atoms with Crippen molar-refractivity contribution in [2.45, 2.75) is 32.5 Å². The number of nitro groups is 1. The van der Waals surface area contributed by atoms with Crippen molar-refractivity contribution in [2.75, 3.05) is 13.1 Å². The molecule has 2 aromatic rings. The fraction of sp³-hybridized carbons (Fsp3) is 0.500. The fourth-order valence-corrected chi connectivity index (χ4v) is 2.99. The predicted octanol–water partition coefficient (Wildman–Crippen LogP) is 1.42. The molecule has 112 valence electrons. The Hall–Kier alpha value is -1.99. The van der Waals surface area contributed by atoms with Gasteiger partial charge in [0.1, 0.15) is 0 Å². The highest BCUT2D eigenvalue weighted by atomic mass is 16.6. The smallest absolute Gasteiger partial charge is 0.352 e. The number of hydrogen-bond acceptors (Lipinski definition) is 5.